The average Bonchev–Trinajstić information content (AvgIpc) is 3.04. The number of hydrogen-bond acceptors (Lipinski definition) is 5. The van der Waals surface area contributed by atoms with Crippen LogP contribution in [0.15, 0.2) is 70.1 Å². The molecular weight excluding hydrogens is 496 g/mol. The lowest BCUT2D eigenvalue weighted by Crippen LogP contribution is -2.16. The molecule has 3 heterocycles. The lowest BCUT2D eigenvalue weighted by Gasteiger charge is -2.05. The summed E-state index contributed by atoms with van der Waals surface area (Å²) in [5.74, 6) is -0.575. The molecule has 7 nitrogen and oxygen atoms in total. The number of carbonyl (C=O) groups excluding carboxylic acids is 1. The Morgan fingerprint density at radius 2 is 2.00 bits per heavy atom. The number of rotatable bonds is 6. The molecule has 3 aromatic heterocycles. The largest absolute Gasteiger partial charge is 0.456 e. The van der Waals surface area contributed by atoms with E-state index in [1.54, 1.807) is 29.1 Å². The quantitative estimate of drug-likeness (QED) is 0.282. The highest BCUT2D eigenvalue weighted by Crippen LogP contribution is 2.22. The van der Waals surface area contributed by atoms with Gasteiger partial charge in [0.15, 0.2) is 0 Å². The minimum atomic E-state index is -0.575. The van der Waals surface area contributed by atoms with Crippen molar-refractivity contribution in [3.05, 3.63) is 103 Å². The molecule has 0 amide bonds. The van der Waals surface area contributed by atoms with Crippen LogP contribution in [0.4, 0.5) is 0 Å². The van der Waals surface area contributed by atoms with E-state index in [0.717, 1.165) is 10.0 Å². The van der Waals surface area contributed by atoms with Crippen LogP contribution >= 0.6 is 27.5 Å². The predicted octanol–water partition coefficient (Wildman–Crippen LogP) is 4.42. The van der Waals surface area contributed by atoms with Crippen LogP contribution in [0.3, 0.4) is 0 Å². The number of halogens is 2. The maximum absolute atomic E-state index is 12.2. The fraction of sp³-hybridized carbons (Fsp3) is 0.130. The van der Waals surface area contributed by atoms with E-state index in [-0.39, 0.29) is 12.2 Å². The van der Waals surface area contributed by atoms with Crippen LogP contribution in [0.1, 0.15) is 22.5 Å². The van der Waals surface area contributed by atoms with Gasteiger partial charge in [-0.15, -0.1) is 0 Å². The van der Waals surface area contributed by atoms with Gasteiger partial charge in [0.1, 0.15) is 17.4 Å². The third kappa shape index (κ3) is 4.98. The fourth-order valence-electron chi connectivity index (χ4n) is 3.16. The van der Waals surface area contributed by atoms with Crippen LogP contribution in [0.5, 0.6) is 0 Å². The van der Waals surface area contributed by atoms with Gasteiger partial charge in [-0.2, -0.15) is 5.10 Å². The molecule has 0 aliphatic rings. The van der Waals surface area contributed by atoms with Crippen molar-refractivity contribution in [1.29, 1.82) is 0 Å². The molecule has 32 heavy (non-hydrogen) atoms. The summed E-state index contributed by atoms with van der Waals surface area (Å²) in [4.78, 5) is 28.8. The first-order valence-corrected chi connectivity index (χ1v) is 10.9. The van der Waals surface area contributed by atoms with Crippen LogP contribution in [-0.4, -0.2) is 25.1 Å². The van der Waals surface area contributed by atoms with E-state index < -0.39 is 5.97 Å². The van der Waals surface area contributed by atoms with Gasteiger partial charge in [0.05, 0.1) is 17.9 Å². The van der Waals surface area contributed by atoms with Crippen molar-refractivity contribution < 1.29 is 9.53 Å². The summed E-state index contributed by atoms with van der Waals surface area (Å²) < 4.78 is 9.10. The number of benzene rings is 1. The Bertz CT molecular complexity index is 1380. The van der Waals surface area contributed by atoms with Crippen LogP contribution in [0.2, 0.25) is 5.15 Å². The highest BCUT2D eigenvalue weighted by molar-refractivity contribution is 9.10. The second kappa shape index (κ2) is 9.50. The molecule has 0 bridgehead atoms. The number of esters is 1. The maximum atomic E-state index is 12.2. The van der Waals surface area contributed by atoms with Gasteiger partial charge in [-0.3, -0.25) is 9.20 Å². The zero-order valence-corrected chi connectivity index (χ0v) is 19.4. The Hall–Kier alpha value is -3.23. The first kappa shape index (κ1) is 22.0. The molecule has 0 unspecified atom stereocenters. The Balaban J connectivity index is 1.43. The molecule has 0 spiro atoms. The Morgan fingerprint density at radius 1 is 1.22 bits per heavy atom. The van der Waals surface area contributed by atoms with Crippen molar-refractivity contribution in [2.24, 2.45) is 0 Å². The van der Waals surface area contributed by atoms with E-state index >= 15 is 0 Å². The molecule has 0 aliphatic carbocycles. The molecule has 162 valence electrons. The van der Waals surface area contributed by atoms with Crippen LogP contribution < -0.4 is 5.56 Å². The topological polar surface area (TPSA) is 78.5 Å². The van der Waals surface area contributed by atoms with Crippen molar-refractivity contribution in [1.82, 2.24) is 19.2 Å². The monoisotopic (exact) mass is 512 g/mol. The first-order chi connectivity index (χ1) is 15.4. The molecule has 0 saturated carbocycles. The molecule has 9 heteroatoms. The zero-order chi connectivity index (χ0) is 22.7. The van der Waals surface area contributed by atoms with Gasteiger partial charge in [-0.05, 0) is 46.6 Å². The molecule has 0 N–H and O–H groups in total. The van der Waals surface area contributed by atoms with Crippen molar-refractivity contribution in [2.75, 3.05) is 0 Å². The number of aromatic nitrogens is 4. The van der Waals surface area contributed by atoms with Crippen molar-refractivity contribution in [3.8, 4) is 0 Å². The highest BCUT2D eigenvalue weighted by atomic mass is 79.9. The number of hydrogen-bond donors (Lipinski definition) is 0. The molecule has 4 aromatic rings. The van der Waals surface area contributed by atoms with Gasteiger partial charge in [0, 0.05) is 28.4 Å². The standard InChI is InChI=1S/C23H18BrClN4O3/c1-15-19(23(25)29(27-15)12-16-5-3-2-4-6-16)8-10-22(31)32-14-18-11-21(30)28-13-17(24)7-9-20(28)26-18/h2-11,13H,12,14H2,1H3/b10-8+. The molecule has 0 radical (unpaired) electrons. The minimum Gasteiger partial charge on any atom is -0.456 e. The van der Waals surface area contributed by atoms with Crippen LogP contribution in [0, 0.1) is 6.92 Å². The second-order valence-corrected chi connectivity index (χ2v) is 8.31. The summed E-state index contributed by atoms with van der Waals surface area (Å²) in [6.07, 6.45) is 4.50. The third-order valence-corrected chi connectivity index (χ3v) is 5.58. The summed E-state index contributed by atoms with van der Waals surface area (Å²) in [6.45, 7) is 2.23. The molecule has 0 aliphatic heterocycles. The van der Waals surface area contributed by atoms with E-state index in [2.05, 4.69) is 26.0 Å². The van der Waals surface area contributed by atoms with Gasteiger partial charge in [0.2, 0.25) is 0 Å². The summed E-state index contributed by atoms with van der Waals surface area (Å²) in [5, 5.41) is 4.89. The van der Waals surface area contributed by atoms with Gasteiger partial charge >= 0.3 is 5.97 Å². The van der Waals surface area contributed by atoms with E-state index in [0.29, 0.717) is 34.3 Å². The van der Waals surface area contributed by atoms with Crippen LogP contribution in [-0.2, 0) is 22.7 Å². The lowest BCUT2D eigenvalue weighted by molar-refractivity contribution is -0.139. The summed E-state index contributed by atoms with van der Waals surface area (Å²) >= 11 is 9.79. The Kier molecular flexibility index (Phi) is 6.53. The summed E-state index contributed by atoms with van der Waals surface area (Å²) in [7, 11) is 0. The van der Waals surface area contributed by atoms with Crippen molar-refractivity contribution in [3.63, 3.8) is 0 Å². The second-order valence-electron chi connectivity index (χ2n) is 7.04. The Morgan fingerprint density at radius 3 is 2.78 bits per heavy atom. The molecule has 1 aromatic carbocycles. The number of aryl methyl sites for hydroxylation is 1. The van der Waals surface area contributed by atoms with E-state index in [4.69, 9.17) is 16.3 Å². The Labute approximate surface area is 197 Å². The molecule has 4 rings (SSSR count). The maximum Gasteiger partial charge on any atom is 0.331 e. The SMILES string of the molecule is Cc1nn(Cc2ccccc2)c(Cl)c1/C=C/C(=O)OCc1cc(=O)n2cc(Br)ccc2n1. The smallest absolute Gasteiger partial charge is 0.331 e. The van der Waals surface area contributed by atoms with Gasteiger partial charge in [0.25, 0.3) is 5.56 Å². The molecule has 0 atom stereocenters. The number of ether oxygens (including phenoxy) is 1. The lowest BCUT2D eigenvalue weighted by atomic mass is 10.2. The molecular formula is C23H18BrClN4O3. The minimum absolute atomic E-state index is 0.120. The molecule has 0 fully saturated rings. The van der Waals surface area contributed by atoms with Crippen molar-refractivity contribution >= 4 is 45.2 Å². The third-order valence-electron chi connectivity index (χ3n) is 4.71. The fourth-order valence-corrected chi connectivity index (χ4v) is 3.80. The van der Waals surface area contributed by atoms with E-state index in [9.17, 15) is 9.59 Å². The number of fused-ring (bicyclic) bond motifs is 1. The summed E-state index contributed by atoms with van der Waals surface area (Å²) in [5.41, 5.74) is 2.99. The van der Waals surface area contributed by atoms with E-state index in [1.165, 1.54) is 16.5 Å². The van der Waals surface area contributed by atoms with Gasteiger partial charge in [-0.25, -0.2) is 14.5 Å². The normalized spacial score (nSPS) is 11.3. The van der Waals surface area contributed by atoms with Crippen molar-refractivity contribution in [2.45, 2.75) is 20.1 Å². The van der Waals surface area contributed by atoms with Gasteiger partial charge in [-0.1, -0.05) is 41.9 Å². The highest BCUT2D eigenvalue weighted by Gasteiger charge is 2.12. The van der Waals surface area contributed by atoms with E-state index in [1.807, 2.05) is 37.3 Å². The summed E-state index contributed by atoms with van der Waals surface area (Å²) in [6, 6.07) is 14.7. The number of pyridine rings is 1. The predicted molar refractivity (Wildman–Crippen MR) is 126 cm³/mol. The van der Waals surface area contributed by atoms with Crippen LogP contribution in [0.25, 0.3) is 11.7 Å². The van der Waals surface area contributed by atoms with Gasteiger partial charge < -0.3 is 4.74 Å². The molecule has 0 saturated heterocycles. The number of nitrogens with zero attached hydrogens (tertiary/aromatic N) is 4. The first-order valence-electron chi connectivity index (χ1n) is 9.70. The zero-order valence-electron chi connectivity index (χ0n) is 17.0. The average molecular weight is 514 g/mol. The number of carbonyl (C=O) groups is 1.